The number of thiazole rings is 1. The maximum absolute atomic E-state index is 12.4. The maximum Gasteiger partial charge on any atom is 0.294 e. The molecule has 0 saturated heterocycles. The summed E-state index contributed by atoms with van der Waals surface area (Å²) in [6.45, 7) is 0.969. The number of hydrogen-bond donors (Lipinski definition) is 1. The number of nitrogens with zero attached hydrogens (tertiary/aromatic N) is 3. The first-order valence-corrected chi connectivity index (χ1v) is 13.3. The first kappa shape index (κ1) is 27.2. The fourth-order valence-corrected chi connectivity index (χ4v) is 5.78. The number of aryl methyl sites for hydroxylation is 1. The minimum atomic E-state index is -2.55. The van der Waals surface area contributed by atoms with Gasteiger partial charge in [-0.1, -0.05) is 11.3 Å². The zero-order valence-corrected chi connectivity index (χ0v) is 21.5. The molecule has 1 aliphatic carbocycles. The van der Waals surface area contributed by atoms with Crippen molar-refractivity contribution in [3.05, 3.63) is 22.4 Å². The lowest BCUT2D eigenvalue weighted by Gasteiger charge is -2.36. The Balaban J connectivity index is 1.21. The molecule has 1 atom stereocenters. The molecule has 10 nitrogen and oxygen atoms in total. The molecule has 0 aromatic carbocycles. The van der Waals surface area contributed by atoms with E-state index in [2.05, 4.69) is 20.4 Å². The number of carbonyl (C=O) groups excluding carboxylic acids is 2. The number of methoxy groups -OCH3 is 1. The molecule has 0 bridgehead atoms. The van der Waals surface area contributed by atoms with Gasteiger partial charge in [0, 0.05) is 49.3 Å². The van der Waals surface area contributed by atoms with Gasteiger partial charge in [-0.15, -0.1) is 0 Å². The molecule has 37 heavy (non-hydrogen) atoms. The summed E-state index contributed by atoms with van der Waals surface area (Å²) in [4.78, 5) is 31.1. The molecule has 2 aliphatic rings. The Labute approximate surface area is 217 Å². The van der Waals surface area contributed by atoms with Gasteiger partial charge in [0.2, 0.25) is 5.91 Å². The van der Waals surface area contributed by atoms with E-state index in [1.807, 2.05) is 0 Å². The molecule has 0 radical (unpaired) electrons. The lowest BCUT2D eigenvalue weighted by atomic mass is 9.83. The number of carbonyl (C=O) groups is 2. The summed E-state index contributed by atoms with van der Waals surface area (Å²) in [7, 11) is 1.51. The Morgan fingerprint density at radius 2 is 2.16 bits per heavy atom. The van der Waals surface area contributed by atoms with Gasteiger partial charge in [-0.3, -0.25) is 14.5 Å². The molecular weight excluding hydrogens is 510 g/mol. The molecule has 1 N–H and O–H groups in total. The van der Waals surface area contributed by atoms with Gasteiger partial charge in [-0.25, -0.2) is 13.8 Å². The Hall–Kier alpha value is -2.80. The third kappa shape index (κ3) is 7.84. The van der Waals surface area contributed by atoms with Crippen LogP contribution in [0.5, 0.6) is 11.1 Å². The van der Waals surface area contributed by atoms with Crippen molar-refractivity contribution in [2.24, 2.45) is 5.92 Å². The molecule has 204 valence electrons. The van der Waals surface area contributed by atoms with E-state index in [4.69, 9.17) is 18.7 Å². The van der Waals surface area contributed by atoms with Crippen molar-refractivity contribution in [1.29, 1.82) is 0 Å². The van der Waals surface area contributed by atoms with E-state index < -0.39 is 13.0 Å². The van der Waals surface area contributed by atoms with E-state index in [-0.39, 0.29) is 23.4 Å². The first-order valence-electron chi connectivity index (χ1n) is 12.4. The first-order chi connectivity index (χ1) is 17.9. The standard InChI is InChI=1S/C24H32F2N4O6S/c1-33-22-11-17(36-29-22)6-7-21(32)27-16-4-2-15(3-5-16)10-23(35-14-31)30-9-8-19-18(12-30)28-24(37-19)34-13-20(25)26/h11,14-16,20,23H,2-10,12-13H2,1H3,(H,27,32). The van der Waals surface area contributed by atoms with Crippen LogP contribution in [0.15, 0.2) is 10.6 Å². The summed E-state index contributed by atoms with van der Waals surface area (Å²) >= 11 is 1.30. The molecule has 2 aromatic rings. The highest BCUT2D eigenvalue weighted by atomic mass is 32.1. The largest absolute Gasteiger partial charge is 0.479 e. The molecular formula is C24H32F2N4O6S. The van der Waals surface area contributed by atoms with Crippen LogP contribution in [0.3, 0.4) is 0 Å². The zero-order chi connectivity index (χ0) is 26.2. The van der Waals surface area contributed by atoms with Gasteiger partial charge in [0.1, 0.15) is 5.76 Å². The van der Waals surface area contributed by atoms with Crippen LogP contribution in [-0.2, 0) is 33.7 Å². The highest BCUT2D eigenvalue weighted by molar-refractivity contribution is 7.13. The fraction of sp³-hybridized carbons (Fsp3) is 0.667. The normalized spacial score (nSPS) is 20.8. The Kier molecular flexibility index (Phi) is 9.67. The number of halogens is 2. The molecule has 13 heteroatoms. The number of amides is 1. The molecule has 2 aromatic heterocycles. The van der Waals surface area contributed by atoms with E-state index >= 15 is 0 Å². The van der Waals surface area contributed by atoms with Crippen LogP contribution < -0.4 is 14.8 Å². The van der Waals surface area contributed by atoms with Crippen LogP contribution in [0.2, 0.25) is 0 Å². The molecule has 3 heterocycles. The van der Waals surface area contributed by atoms with Gasteiger partial charge in [-0.2, -0.15) is 0 Å². The highest BCUT2D eigenvalue weighted by Crippen LogP contribution is 2.34. The number of alkyl halides is 2. The van der Waals surface area contributed by atoms with Crippen LogP contribution in [0.25, 0.3) is 0 Å². The number of fused-ring (bicyclic) bond motifs is 1. The third-order valence-electron chi connectivity index (χ3n) is 6.78. The Bertz CT molecular complexity index is 1030. The lowest BCUT2D eigenvalue weighted by Crippen LogP contribution is -2.43. The summed E-state index contributed by atoms with van der Waals surface area (Å²) < 4.78 is 45.5. The number of aromatic nitrogens is 2. The number of rotatable bonds is 13. The van der Waals surface area contributed by atoms with Crippen molar-refractivity contribution in [3.8, 4) is 11.1 Å². The summed E-state index contributed by atoms with van der Waals surface area (Å²) in [6.07, 6.45) is 2.80. The van der Waals surface area contributed by atoms with Crippen molar-refractivity contribution in [1.82, 2.24) is 20.4 Å². The van der Waals surface area contributed by atoms with Crippen molar-refractivity contribution in [3.63, 3.8) is 0 Å². The van der Waals surface area contributed by atoms with E-state index in [1.54, 1.807) is 6.07 Å². The van der Waals surface area contributed by atoms with Crippen molar-refractivity contribution in [2.45, 2.75) is 76.6 Å². The second-order valence-corrected chi connectivity index (χ2v) is 10.4. The second kappa shape index (κ2) is 13.1. The van der Waals surface area contributed by atoms with Gasteiger partial charge in [0.15, 0.2) is 12.8 Å². The van der Waals surface area contributed by atoms with Crippen LogP contribution >= 0.6 is 11.3 Å². The molecule has 0 spiro atoms. The van der Waals surface area contributed by atoms with Gasteiger partial charge >= 0.3 is 0 Å². The Morgan fingerprint density at radius 3 is 2.86 bits per heavy atom. The minimum absolute atomic E-state index is 0.0229. The SMILES string of the molecule is COc1cc(CCC(=O)NC2CCC(CC(OC=O)N3CCc4sc(OCC(F)F)nc4C3)CC2)on1. The highest BCUT2D eigenvalue weighted by Gasteiger charge is 2.31. The minimum Gasteiger partial charge on any atom is -0.479 e. The maximum atomic E-state index is 12.4. The van der Waals surface area contributed by atoms with E-state index in [9.17, 15) is 18.4 Å². The average Bonchev–Trinajstić information content (AvgIpc) is 3.53. The lowest BCUT2D eigenvalue weighted by molar-refractivity contribution is -0.147. The summed E-state index contributed by atoms with van der Waals surface area (Å²) in [5.41, 5.74) is 0.787. The topological polar surface area (TPSA) is 116 Å². The Morgan fingerprint density at radius 1 is 1.35 bits per heavy atom. The number of nitrogens with one attached hydrogen (secondary N) is 1. The van der Waals surface area contributed by atoms with E-state index in [1.165, 1.54) is 18.4 Å². The zero-order valence-electron chi connectivity index (χ0n) is 20.7. The third-order valence-corrected chi connectivity index (χ3v) is 7.85. The summed E-state index contributed by atoms with van der Waals surface area (Å²) in [5, 5.41) is 7.09. The van der Waals surface area contributed by atoms with Crippen LogP contribution in [0.4, 0.5) is 8.78 Å². The van der Waals surface area contributed by atoms with Gasteiger partial charge in [0.25, 0.3) is 24.0 Å². The monoisotopic (exact) mass is 542 g/mol. The average molecular weight is 543 g/mol. The quantitative estimate of drug-likeness (QED) is 0.381. The fourth-order valence-electron chi connectivity index (χ4n) is 4.86. The van der Waals surface area contributed by atoms with Crippen LogP contribution in [0.1, 0.15) is 54.9 Å². The van der Waals surface area contributed by atoms with Crippen molar-refractivity contribution < 1.29 is 37.1 Å². The number of ether oxygens (including phenoxy) is 3. The molecule has 1 unspecified atom stereocenters. The van der Waals surface area contributed by atoms with Crippen molar-refractivity contribution >= 4 is 23.7 Å². The van der Waals surface area contributed by atoms with Crippen LogP contribution in [0, 0.1) is 5.92 Å². The summed E-state index contributed by atoms with van der Waals surface area (Å²) in [6, 6.07) is 1.80. The van der Waals surface area contributed by atoms with Gasteiger partial charge < -0.3 is 24.1 Å². The molecule has 1 saturated carbocycles. The molecule has 1 aliphatic heterocycles. The smallest absolute Gasteiger partial charge is 0.294 e. The van der Waals surface area contributed by atoms with E-state index in [0.717, 1.165) is 36.3 Å². The van der Waals surface area contributed by atoms with Gasteiger partial charge in [0.05, 0.1) is 12.8 Å². The van der Waals surface area contributed by atoms with E-state index in [0.29, 0.717) is 62.8 Å². The number of hydrogen-bond acceptors (Lipinski definition) is 10. The molecule has 1 amide bonds. The molecule has 1 fully saturated rings. The predicted octanol–water partition coefficient (Wildman–Crippen LogP) is 3.34. The predicted molar refractivity (Wildman–Crippen MR) is 129 cm³/mol. The van der Waals surface area contributed by atoms with Gasteiger partial charge in [-0.05, 0) is 43.2 Å². The second-order valence-electron chi connectivity index (χ2n) is 9.32. The summed E-state index contributed by atoms with van der Waals surface area (Å²) in [5.74, 6) is 1.34. The van der Waals surface area contributed by atoms with Crippen LogP contribution in [-0.4, -0.2) is 66.4 Å². The van der Waals surface area contributed by atoms with Crippen molar-refractivity contribution in [2.75, 3.05) is 20.3 Å². The molecule has 4 rings (SSSR count).